The van der Waals surface area contributed by atoms with Gasteiger partial charge in [0, 0.05) is 0 Å². The van der Waals surface area contributed by atoms with Crippen molar-refractivity contribution in [2.24, 2.45) is 16.7 Å². The van der Waals surface area contributed by atoms with E-state index in [-0.39, 0.29) is 5.60 Å². The summed E-state index contributed by atoms with van der Waals surface area (Å²) in [6.07, 6.45) is 19.6. The summed E-state index contributed by atoms with van der Waals surface area (Å²) in [5, 5.41) is 10.9. The van der Waals surface area contributed by atoms with Crippen LogP contribution in [0.25, 0.3) is 0 Å². The fraction of sp³-hybridized carbons (Fsp3) is 1.00. The lowest BCUT2D eigenvalue weighted by Gasteiger charge is -2.41. The Balaban J connectivity index is 1.56. The molecule has 19 heavy (non-hydrogen) atoms. The second-order valence-corrected chi connectivity index (χ2v) is 8.45. The van der Waals surface area contributed by atoms with Crippen LogP contribution in [-0.4, -0.2) is 10.7 Å². The van der Waals surface area contributed by atoms with E-state index in [1.165, 1.54) is 89.9 Å². The highest BCUT2D eigenvalue weighted by atomic mass is 16.3. The van der Waals surface area contributed by atoms with E-state index in [9.17, 15) is 5.11 Å². The molecule has 108 valence electrons. The van der Waals surface area contributed by atoms with Crippen molar-refractivity contribution in [1.82, 2.24) is 0 Å². The molecule has 0 radical (unpaired) electrons. The third kappa shape index (κ3) is 1.69. The highest BCUT2D eigenvalue weighted by Gasteiger charge is 2.76. The molecule has 1 heteroatoms. The Morgan fingerprint density at radius 3 is 1.42 bits per heavy atom. The molecule has 2 atom stereocenters. The molecule has 5 aliphatic rings. The third-order valence-electron chi connectivity index (χ3n) is 7.51. The van der Waals surface area contributed by atoms with Gasteiger partial charge in [-0.3, -0.25) is 0 Å². The van der Waals surface area contributed by atoms with Crippen LogP contribution in [0.15, 0.2) is 0 Å². The molecule has 0 heterocycles. The minimum absolute atomic E-state index is 0.222. The van der Waals surface area contributed by atoms with E-state index >= 15 is 0 Å². The van der Waals surface area contributed by atoms with Crippen molar-refractivity contribution in [1.29, 1.82) is 0 Å². The molecular formula is C18H30O. The van der Waals surface area contributed by atoms with Gasteiger partial charge in [0.25, 0.3) is 0 Å². The van der Waals surface area contributed by atoms with Gasteiger partial charge in [0.05, 0.1) is 5.60 Å². The summed E-state index contributed by atoms with van der Waals surface area (Å²) < 4.78 is 0. The molecule has 4 bridgehead atoms. The lowest BCUT2D eigenvalue weighted by Crippen LogP contribution is -2.32. The number of hydrogen-bond acceptors (Lipinski definition) is 1. The van der Waals surface area contributed by atoms with Gasteiger partial charge >= 0.3 is 0 Å². The number of hydrogen-bond donors (Lipinski definition) is 1. The van der Waals surface area contributed by atoms with Crippen molar-refractivity contribution in [2.75, 3.05) is 0 Å². The maximum Gasteiger partial charge on any atom is 0.0687 e. The number of rotatable bonds is 0. The zero-order valence-electron chi connectivity index (χ0n) is 12.4. The number of aliphatic hydroxyl groups is 1. The van der Waals surface area contributed by atoms with E-state index in [4.69, 9.17) is 0 Å². The summed E-state index contributed by atoms with van der Waals surface area (Å²) in [4.78, 5) is 0. The van der Waals surface area contributed by atoms with Gasteiger partial charge < -0.3 is 5.11 Å². The first-order valence-corrected chi connectivity index (χ1v) is 8.91. The summed E-state index contributed by atoms with van der Waals surface area (Å²) in [6.45, 7) is 0. The molecule has 2 spiro atoms. The monoisotopic (exact) mass is 262 g/mol. The fourth-order valence-electron chi connectivity index (χ4n) is 6.77. The maximum atomic E-state index is 10.9. The molecule has 0 aromatic carbocycles. The van der Waals surface area contributed by atoms with Crippen molar-refractivity contribution in [3.8, 4) is 0 Å². The summed E-state index contributed by atoms with van der Waals surface area (Å²) in [5.74, 6) is 0.678. The highest BCUT2D eigenvalue weighted by Crippen LogP contribution is 2.80. The Kier molecular flexibility index (Phi) is 2.82. The van der Waals surface area contributed by atoms with Gasteiger partial charge in [0.15, 0.2) is 0 Å². The maximum absolute atomic E-state index is 10.9. The van der Waals surface area contributed by atoms with E-state index in [1.807, 2.05) is 0 Å². The molecule has 0 saturated heterocycles. The molecule has 5 rings (SSSR count). The predicted octanol–water partition coefficient (Wildman–Crippen LogP) is 4.82. The zero-order chi connectivity index (χ0) is 13.0. The van der Waals surface area contributed by atoms with E-state index in [0.717, 1.165) is 0 Å². The van der Waals surface area contributed by atoms with Crippen LogP contribution < -0.4 is 0 Å². The van der Waals surface area contributed by atoms with Gasteiger partial charge in [-0.15, -0.1) is 0 Å². The summed E-state index contributed by atoms with van der Waals surface area (Å²) in [6, 6.07) is 0. The van der Waals surface area contributed by atoms with Crippen molar-refractivity contribution in [3.05, 3.63) is 0 Å². The van der Waals surface area contributed by atoms with Gasteiger partial charge in [-0.1, -0.05) is 51.4 Å². The van der Waals surface area contributed by atoms with E-state index in [2.05, 4.69) is 0 Å². The zero-order valence-corrected chi connectivity index (χ0v) is 12.4. The SMILES string of the molecule is OC12CC34CCCCCCCCCCC3(CC1C4)C2. The quantitative estimate of drug-likeness (QED) is 0.663. The third-order valence-corrected chi connectivity index (χ3v) is 7.51. The van der Waals surface area contributed by atoms with Crippen LogP contribution in [0.2, 0.25) is 0 Å². The van der Waals surface area contributed by atoms with E-state index in [1.54, 1.807) is 0 Å². The van der Waals surface area contributed by atoms with Gasteiger partial charge in [-0.2, -0.15) is 0 Å². The Labute approximate surface area is 118 Å². The van der Waals surface area contributed by atoms with E-state index < -0.39 is 0 Å². The van der Waals surface area contributed by atoms with Crippen molar-refractivity contribution >= 4 is 0 Å². The van der Waals surface area contributed by atoms with Crippen molar-refractivity contribution in [3.63, 3.8) is 0 Å². The molecule has 0 aromatic heterocycles. The first-order valence-electron chi connectivity index (χ1n) is 8.91. The van der Waals surface area contributed by atoms with Crippen LogP contribution >= 0.6 is 0 Å². The standard InChI is InChI=1S/C18H30O/c19-18-13-16-9-7-5-3-1-2-4-6-8-10-17(16,14-18)12-15(18)11-16/h15,19H,1-14H2. The second kappa shape index (κ2) is 4.23. The lowest BCUT2D eigenvalue weighted by molar-refractivity contribution is 0.0256. The van der Waals surface area contributed by atoms with E-state index in [0.29, 0.717) is 16.7 Å². The average molecular weight is 262 g/mol. The molecule has 1 N–H and O–H groups in total. The van der Waals surface area contributed by atoms with Crippen LogP contribution in [0.4, 0.5) is 0 Å². The minimum Gasteiger partial charge on any atom is -0.390 e. The lowest BCUT2D eigenvalue weighted by atomic mass is 9.63. The van der Waals surface area contributed by atoms with Gasteiger partial charge in [0.1, 0.15) is 0 Å². The summed E-state index contributed by atoms with van der Waals surface area (Å²) in [7, 11) is 0. The topological polar surface area (TPSA) is 20.2 Å². The predicted molar refractivity (Wildman–Crippen MR) is 77.9 cm³/mol. The molecular weight excluding hydrogens is 232 g/mol. The van der Waals surface area contributed by atoms with Gasteiger partial charge in [-0.25, -0.2) is 0 Å². The molecule has 5 fully saturated rings. The molecule has 0 aromatic rings. The van der Waals surface area contributed by atoms with Crippen LogP contribution in [0, 0.1) is 16.7 Å². The molecule has 0 aliphatic heterocycles. The molecule has 1 nitrogen and oxygen atoms in total. The first-order chi connectivity index (χ1) is 9.18. The smallest absolute Gasteiger partial charge is 0.0687 e. The Hall–Kier alpha value is -0.0400. The van der Waals surface area contributed by atoms with Crippen LogP contribution in [-0.2, 0) is 0 Å². The molecule has 5 aliphatic carbocycles. The Morgan fingerprint density at radius 1 is 0.632 bits per heavy atom. The minimum atomic E-state index is -0.222. The normalized spacial score (nSPS) is 53.8. The molecule has 5 saturated carbocycles. The summed E-state index contributed by atoms with van der Waals surface area (Å²) >= 11 is 0. The molecule has 0 amide bonds. The second-order valence-electron chi connectivity index (χ2n) is 8.45. The van der Waals surface area contributed by atoms with Crippen LogP contribution in [0.1, 0.15) is 89.9 Å². The van der Waals surface area contributed by atoms with Gasteiger partial charge in [-0.05, 0) is 55.3 Å². The fourth-order valence-corrected chi connectivity index (χ4v) is 6.77. The Morgan fingerprint density at radius 2 is 1.05 bits per heavy atom. The summed E-state index contributed by atoms with van der Waals surface area (Å²) in [5.41, 5.74) is 0.928. The van der Waals surface area contributed by atoms with Crippen molar-refractivity contribution in [2.45, 2.75) is 95.5 Å². The largest absolute Gasteiger partial charge is 0.390 e. The van der Waals surface area contributed by atoms with Crippen LogP contribution in [0.3, 0.4) is 0 Å². The first kappa shape index (κ1) is 12.7. The average Bonchev–Trinajstić information content (AvgIpc) is 2.95. The van der Waals surface area contributed by atoms with Gasteiger partial charge in [0.2, 0.25) is 0 Å². The Bertz CT molecular complexity index is 333. The van der Waals surface area contributed by atoms with Crippen molar-refractivity contribution < 1.29 is 5.11 Å². The van der Waals surface area contributed by atoms with Crippen LogP contribution in [0.5, 0.6) is 0 Å². The highest BCUT2D eigenvalue weighted by molar-refractivity contribution is 5.26. The molecule has 2 unspecified atom stereocenters.